The number of allylic oxidation sites excluding steroid dienone is 2. The third kappa shape index (κ3) is 5.94. The normalized spacial score (nSPS) is 15.4. The van der Waals surface area contributed by atoms with Crippen LogP contribution in [0.4, 0.5) is 5.69 Å². The molecule has 0 saturated heterocycles. The molecule has 0 aromatic heterocycles. The van der Waals surface area contributed by atoms with Gasteiger partial charge in [0.15, 0.2) is 0 Å². The molecule has 2 aromatic rings. The topological polar surface area (TPSA) is 128 Å². The molecule has 0 unspecified atom stereocenters. The summed E-state index contributed by atoms with van der Waals surface area (Å²) in [7, 11) is -4.10. The van der Waals surface area contributed by atoms with E-state index in [4.69, 9.17) is 23.2 Å². The predicted octanol–water partition coefficient (Wildman–Crippen LogP) is 4.49. The Morgan fingerprint density at radius 1 is 1.19 bits per heavy atom. The van der Waals surface area contributed by atoms with Crippen LogP contribution in [0.15, 0.2) is 71.6 Å². The fraction of sp³-hybridized carbons (Fsp3) is 0.0909. The van der Waals surface area contributed by atoms with E-state index in [1.807, 2.05) is 22.6 Å². The van der Waals surface area contributed by atoms with Gasteiger partial charge < -0.3 is 15.1 Å². The molecule has 0 bridgehead atoms. The zero-order chi connectivity index (χ0) is 26.0. The average Bonchev–Trinajstić information content (AvgIpc) is 3.28. The maximum atomic E-state index is 13.2. The molecular weight excluding hydrogens is 662 g/mol. The molecule has 0 fully saturated rings. The van der Waals surface area contributed by atoms with Gasteiger partial charge in [-0.05, 0) is 70.6 Å². The number of hydrogen-bond donors (Lipinski definition) is 4. The number of halogens is 3. The minimum Gasteiger partial charge on any atom is -0.480 e. The number of nitrogens with one attached hydrogen (secondary N) is 3. The highest BCUT2D eigenvalue weighted by Crippen LogP contribution is 2.34. The third-order valence-electron chi connectivity index (χ3n) is 5.11. The Morgan fingerprint density at radius 3 is 2.69 bits per heavy atom. The van der Waals surface area contributed by atoms with Crippen LogP contribution < -0.4 is 14.8 Å². The zero-order valence-electron chi connectivity index (χ0n) is 18.0. The summed E-state index contributed by atoms with van der Waals surface area (Å²) in [5.74, 6) is -2.04. The van der Waals surface area contributed by atoms with Crippen molar-refractivity contribution in [3.05, 3.63) is 96.3 Å². The van der Waals surface area contributed by atoms with Gasteiger partial charge in [0.2, 0.25) is 0 Å². The van der Waals surface area contributed by atoms with Crippen molar-refractivity contribution in [3.63, 3.8) is 0 Å². The van der Waals surface area contributed by atoms with Crippen LogP contribution in [0.3, 0.4) is 0 Å². The van der Waals surface area contributed by atoms with E-state index in [1.165, 1.54) is 36.4 Å². The molecule has 4 rings (SSSR count). The molecule has 14 heteroatoms. The van der Waals surface area contributed by atoms with Crippen molar-refractivity contribution in [3.8, 4) is 0 Å². The van der Waals surface area contributed by atoms with Gasteiger partial charge in [0.25, 0.3) is 15.9 Å². The standard InChI is InChI=1S/C22H17Cl2IN4O5S2/c23-13-4-3-12(16(24)9-13)8-18(22(31)32)27-21(30)15-6-5-14(25)10-17(15)28-36(33,34)20-2-1-7-29-19(20)11-26-35-29/h1-7,9-11,18,26,28H,8H2,(H,27,30)(H,31,32)/t18-/m0/s1. The van der Waals surface area contributed by atoms with Crippen LogP contribution in [-0.4, -0.2) is 35.7 Å². The molecule has 0 spiro atoms. The quantitative estimate of drug-likeness (QED) is 0.238. The van der Waals surface area contributed by atoms with Crippen LogP contribution in [0.5, 0.6) is 0 Å². The Balaban J connectivity index is 1.59. The zero-order valence-corrected chi connectivity index (χ0v) is 23.3. The molecule has 0 radical (unpaired) electrons. The summed E-state index contributed by atoms with van der Waals surface area (Å²) < 4.78 is 34.2. The van der Waals surface area contributed by atoms with Crippen LogP contribution in [-0.2, 0) is 21.2 Å². The lowest BCUT2D eigenvalue weighted by atomic mass is 10.0. The molecule has 4 N–H and O–H groups in total. The minimum absolute atomic E-state index is 0.00788. The van der Waals surface area contributed by atoms with Gasteiger partial charge in [-0.2, -0.15) is 0 Å². The number of nitrogens with zero attached hydrogens (tertiary/aromatic N) is 1. The number of amides is 1. The first-order chi connectivity index (χ1) is 17.0. The molecule has 2 heterocycles. The summed E-state index contributed by atoms with van der Waals surface area (Å²) in [6.07, 6.45) is 6.20. The van der Waals surface area contributed by atoms with Crippen molar-refractivity contribution in [2.45, 2.75) is 12.5 Å². The van der Waals surface area contributed by atoms with Crippen LogP contribution in [0.1, 0.15) is 15.9 Å². The molecule has 2 aliphatic heterocycles. The van der Waals surface area contributed by atoms with Gasteiger partial charge >= 0.3 is 5.97 Å². The van der Waals surface area contributed by atoms with Gasteiger partial charge in [-0.1, -0.05) is 29.3 Å². The number of sulfonamides is 1. The predicted molar refractivity (Wildman–Crippen MR) is 149 cm³/mol. The summed E-state index contributed by atoms with van der Waals surface area (Å²) in [5.41, 5.74) is 0.881. The number of anilines is 1. The molecular formula is C22H17Cl2IN4O5S2. The van der Waals surface area contributed by atoms with Crippen LogP contribution in [0.25, 0.3) is 0 Å². The Kier molecular flexibility index (Phi) is 8.09. The molecule has 0 saturated carbocycles. The number of carbonyl (C=O) groups is 2. The fourth-order valence-electron chi connectivity index (χ4n) is 3.41. The average molecular weight is 679 g/mol. The second-order valence-corrected chi connectivity index (χ2v) is 12.1. The first kappa shape index (κ1) is 26.7. The number of fused-ring (bicyclic) bond motifs is 1. The number of carbonyl (C=O) groups excluding carboxylic acids is 1. The molecule has 2 aliphatic rings. The molecule has 0 aliphatic carbocycles. The maximum Gasteiger partial charge on any atom is 0.326 e. The molecule has 188 valence electrons. The number of carboxylic acids is 1. The summed E-state index contributed by atoms with van der Waals surface area (Å²) in [4.78, 5) is 25.0. The van der Waals surface area contributed by atoms with Gasteiger partial charge in [0, 0.05) is 32.4 Å². The Bertz CT molecular complexity index is 1450. The largest absolute Gasteiger partial charge is 0.480 e. The monoisotopic (exact) mass is 678 g/mol. The van der Waals surface area contributed by atoms with Crippen molar-refractivity contribution in [2.24, 2.45) is 0 Å². The van der Waals surface area contributed by atoms with E-state index >= 15 is 0 Å². The van der Waals surface area contributed by atoms with Crippen LogP contribution >= 0.6 is 57.9 Å². The lowest BCUT2D eigenvalue weighted by molar-refractivity contribution is -0.139. The molecule has 9 nitrogen and oxygen atoms in total. The number of hydrogen-bond acceptors (Lipinski definition) is 7. The molecule has 1 amide bonds. The van der Waals surface area contributed by atoms with Crippen molar-refractivity contribution in [2.75, 3.05) is 4.72 Å². The van der Waals surface area contributed by atoms with E-state index in [1.54, 1.807) is 41.0 Å². The number of aliphatic carboxylic acids is 1. The van der Waals surface area contributed by atoms with Gasteiger partial charge in [0.05, 0.1) is 29.1 Å². The van der Waals surface area contributed by atoms with E-state index in [-0.39, 0.29) is 27.6 Å². The fourth-order valence-corrected chi connectivity index (χ4v) is 6.36. The Labute approximate surface area is 235 Å². The van der Waals surface area contributed by atoms with Gasteiger partial charge in [-0.15, -0.1) is 0 Å². The van der Waals surface area contributed by atoms with E-state index in [0.717, 1.165) is 0 Å². The molecule has 36 heavy (non-hydrogen) atoms. The van der Waals surface area contributed by atoms with Crippen molar-refractivity contribution < 1.29 is 23.1 Å². The highest BCUT2D eigenvalue weighted by atomic mass is 127. The smallest absolute Gasteiger partial charge is 0.326 e. The molecule has 2 aromatic carbocycles. The Morgan fingerprint density at radius 2 is 1.97 bits per heavy atom. The van der Waals surface area contributed by atoms with Gasteiger partial charge in [0.1, 0.15) is 10.9 Å². The van der Waals surface area contributed by atoms with E-state index in [0.29, 0.717) is 19.9 Å². The summed E-state index contributed by atoms with van der Waals surface area (Å²) in [5, 5.41) is 12.8. The number of rotatable bonds is 8. The van der Waals surface area contributed by atoms with Crippen molar-refractivity contribution in [1.29, 1.82) is 0 Å². The van der Waals surface area contributed by atoms with E-state index < -0.39 is 27.9 Å². The number of carboxylic acid groups (broad SMARTS) is 1. The lowest BCUT2D eigenvalue weighted by Crippen LogP contribution is -2.42. The van der Waals surface area contributed by atoms with Gasteiger partial charge in [-0.3, -0.25) is 13.8 Å². The SMILES string of the molecule is O=C(N[C@@H](Cc1ccc(Cl)cc1Cl)C(=O)O)c1ccc(I)cc1NS(=O)(=O)C1=CC=CN2SNC=C12. The Hall–Kier alpha value is -2.39. The van der Waals surface area contributed by atoms with Gasteiger partial charge in [-0.25, -0.2) is 13.2 Å². The van der Waals surface area contributed by atoms with Crippen LogP contribution in [0, 0.1) is 3.57 Å². The highest BCUT2D eigenvalue weighted by molar-refractivity contribution is 14.1. The maximum absolute atomic E-state index is 13.2. The molecule has 1 atom stereocenters. The number of benzene rings is 2. The van der Waals surface area contributed by atoms with Crippen LogP contribution in [0.2, 0.25) is 10.0 Å². The summed E-state index contributed by atoms with van der Waals surface area (Å²) in [6.45, 7) is 0. The highest BCUT2D eigenvalue weighted by Gasteiger charge is 2.31. The van der Waals surface area contributed by atoms with Crippen molar-refractivity contribution >= 4 is 85.5 Å². The second-order valence-electron chi connectivity index (χ2n) is 7.54. The second kappa shape index (κ2) is 10.9. The van der Waals surface area contributed by atoms with Crippen molar-refractivity contribution in [1.82, 2.24) is 14.3 Å². The third-order valence-corrected chi connectivity index (χ3v) is 8.52. The van der Waals surface area contributed by atoms with E-state index in [9.17, 15) is 23.1 Å². The first-order valence-electron chi connectivity index (χ1n) is 10.2. The summed E-state index contributed by atoms with van der Waals surface area (Å²) in [6, 6.07) is 7.84. The minimum atomic E-state index is -4.10. The first-order valence-corrected chi connectivity index (χ1v) is 14.2. The van der Waals surface area contributed by atoms with E-state index in [2.05, 4.69) is 14.8 Å². The summed E-state index contributed by atoms with van der Waals surface area (Å²) >= 11 is 15.3. The lowest BCUT2D eigenvalue weighted by Gasteiger charge is -2.21.